The van der Waals surface area contributed by atoms with Crippen molar-refractivity contribution in [2.45, 2.75) is 20.0 Å². The van der Waals surface area contributed by atoms with Gasteiger partial charge in [0.1, 0.15) is 0 Å². The third-order valence-electron chi connectivity index (χ3n) is 3.12. The van der Waals surface area contributed by atoms with Crippen molar-refractivity contribution in [1.29, 1.82) is 0 Å². The van der Waals surface area contributed by atoms with Gasteiger partial charge < -0.3 is 15.4 Å². The van der Waals surface area contributed by atoms with Crippen molar-refractivity contribution in [2.75, 3.05) is 13.7 Å². The van der Waals surface area contributed by atoms with Gasteiger partial charge in [0.25, 0.3) is 0 Å². The average molecular weight is 333 g/mol. The fourth-order valence-electron chi connectivity index (χ4n) is 2.01. The first-order chi connectivity index (χ1) is 11.2. The minimum Gasteiger partial charge on any atom is -0.481 e. The molecule has 0 saturated heterocycles. The zero-order chi connectivity index (χ0) is 16.5. The summed E-state index contributed by atoms with van der Waals surface area (Å²) in [4.78, 5) is 8.67. The molecular weight excluding hydrogens is 312 g/mol. The fourth-order valence-corrected chi connectivity index (χ4v) is 2.22. The Morgan fingerprint density at radius 2 is 2.09 bits per heavy atom. The Morgan fingerprint density at radius 1 is 1.22 bits per heavy atom. The highest BCUT2D eigenvalue weighted by atomic mass is 35.5. The Morgan fingerprint density at radius 3 is 2.83 bits per heavy atom. The van der Waals surface area contributed by atoms with Gasteiger partial charge in [0.2, 0.25) is 5.88 Å². The molecule has 0 aliphatic rings. The summed E-state index contributed by atoms with van der Waals surface area (Å²) in [5.74, 6) is 1.36. The van der Waals surface area contributed by atoms with Crippen molar-refractivity contribution < 1.29 is 4.74 Å². The number of aromatic nitrogens is 1. The molecular formula is C17H21ClN4O. The first-order valence-electron chi connectivity index (χ1n) is 7.47. The van der Waals surface area contributed by atoms with E-state index in [1.54, 1.807) is 13.3 Å². The van der Waals surface area contributed by atoms with Crippen LogP contribution in [0.4, 0.5) is 0 Å². The highest BCUT2D eigenvalue weighted by molar-refractivity contribution is 6.30. The molecule has 0 atom stereocenters. The van der Waals surface area contributed by atoms with Crippen LogP contribution in [0.25, 0.3) is 0 Å². The van der Waals surface area contributed by atoms with Crippen molar-refractivity contribution >= 4 is 17.6 Å². The van der Waals surface area contributed by atoms with Crippen molar-refractivity contribution in [3.05, 3.63) is 58.7 Å². The van der Waals surface area contributed by atoms with Crippen LogP contribution in [0.5, 0.6) is 5.88 Å². The van der Waals surface area contributed by atoms with Crippen LogP contribution < -0.4 is 15.4 Å². The lowest BCUT2D eigenvalue weighted by atomic mass is 10.2. The number of ether oxygens (including phenoxy) is 1. The Balaban J connectivity index is 1.98. The monoisotopic (exact) mass is 332 g/mol. The number of nitrogens with one attached hydrogen (secondary N) is 2. The van der Waals surface area contributed by atoms with Crippen LogP contribution in [0, 0.1) is 0 Å². The largest absolute Gasteiger partial charge is 0.481 e. The maximum atomic E-state index is 5.99. The molecule has 1 aromatic heterocycles. The molecule has 0 aliphatic heterocycles. The first-order valence-corrected chi connectivity index (χ1v) is 7.84. The molecule has 1 heterocycles. The molecule has 0 amide bonds. The quantitative estimate of drug-likeness (QED) is 0.630. The van der Waals surface area contributed by atoms with Crippen LogP contribution >= 0.6 is 11.6 Å². The molecule has 0 spiro atoms. The van der Waals surface area contributed by atoms with E-state index in [1.807, 2.05) is 43.3 Å². The number of rotatable bonds is 6. The summed E-state index contributed by atoms with van der Waals surface area (Å²) in [7, 11) is 1.61. The number of pyridine rings is 1. The van der Waals surface area contributed by atoms with Crippen molar-refractivity contribution in [1.82, 2.24) is 15.6 Å². The lowest BCUT2D eigenvalue weighted by Crippen LogP contribution is -2.36. The van der Waals surface area contributed by atoms with E-state index in [1.165, 1.54) is 0 Å². The molecule has 1 aromatic carbocycles. The van der Waals surface area contributed by atoms with Crippen LogP contribution in [0.1, 0.15) is 18.1 Å². The lowest BCUT2D eigenvalue weighted by Gasteiger charge is -2.12. The van der Waals surface area contributed by atoms with Gasteiger partial charge in [-0.05, 0) is 36.2 Å². The Bertz CT molecular complexity index is 661. The molecule has 0 fully saturated rings. The highest BCUT2D eigenvalue weighted by Crippen LogP contribution is 2.11. The van der Waals surface area contributed by atoms with Crippen molar-refractivity contribution in [3.63, 3.8) is 0 Å². The second-order valence-electron chi connectivity index (χ2n) is 4.89. The number of methoxy groups -OCH3 is 1. The Kier molecular flexibility index (Phi) is 6.69. The summed E-state index contributed by atoms with van der Waals surface area (Å²) >= 11 is 5.99. The fraction of sp³-hybridized carbons (Fsp3) is 0.294. The van der Waals surface area contributed by atoms with E-state index < -0.39 is 0 Å². The molecule has 23 heavy (non-hydrogen) atoms. The summed E-state index contributed by atoms with van der Waals surface area (Å²) in [5, 5.41) is 7.24. The summed E-state index contributed by atoms with van der Waals surface area (Å²) < 4.78 is 5.13. The number of guanidine groups is 1. The van der Waals surface area contributed by atoms with Crippen molar-refractivity contribution in [2.24, 2.45) is 4.99 Å². The average Bonchev–Trinajstić information content (AvgIpc) is 2.57. The number of halogens is 1. The number of benzene rings is 1. The van der Waals surface area contributed by atoms with Gasteiger partial charge in [-0.2, -0.15) is 0 Å². The van der Waals surface area contributed by atoms with E-state index in [9.17, 15) is 0 Å². The molecule has 0 saturated carbocycles. The molecule has 2 N–H and O–H groups in total. The first kappa shape index (κ1) is 17.1. The Hall–Kier alpha value is -2.27. The summed E-state index contributed by atoms with van der Waals surface area (Å²) in [6, 6.07) is 11.5. The molecule has 0 unspecified atom stereocenters. The molecule has 122 valence electrons. The molecule has 6 heteroatoms. The van der Waals surface area contributed by atoms with E-state index in [4.69, 9.17) is 16.3 Å². The number of nitrogens with zero attached hydrogens (tertiary/aromatic N) is 2. The van der Waals surface area contributed by atoms with Gasteiger partial charge in [-0.15, -0.1) is 0 Å². The molecule has 0 bridgehead atoms. The van der Waals surface area contributed by atoms with Gasteiger partial charge in [0.15, 0.2) is 5.96 Å². The smallest absolute Gasteiger partial charge is 0.213 e. The third-order valence-corrected chi connectivity index (χ3v) is 3.36. The van der Waals surface area contributed by atoms with Gasteiger partial charge in [-0.1, -0.05) is 23.7 Å². The molecule has 5 nitrogen and oxygen atoms in total. The van der Waals surface area contributed by atoms with Crippen LogP contribution in [-0.2, 0) is 13.1 Å². The predicted molar refractivity (Wildman–Crippen MR) is 93.9 cm³/mol. The van der Waals surface area contributed by atoms with Gasteiger partial charge in [-0.3, -0.25) is 0 Å². The standard InChI is InChI=1S/C17H21ClN4O/c1-3-19-17(21-11-13-5-4-6-15(18)9-13)22-12-14-7-8-20-16(10-14)23-2/h4-10H,3,11-12H2,1-2H3,(H2,19,21,22). The molecule has 0 aliphatic carbocycles. The second kappa shape index (κ2) is 9.00. The number of hydrogen-bond donors (Lipinski definition) is 2. The Labute approximate surface area is 141 Å². The summed E-state index contributed by atoms with van der Waals surface area (Å²) in [6.45, 7) is 4.03. The minimum atomic E-state index is 0.565. The van der Waals surface area contributed by atoms with E-state index >= 15 is 0 Å². The van der Waals surface area contributed by atoms with E-state index in [0.29, 0.717) is 19.0 Å². The highest BCUT2D eigenvalue weighted by Gasteiger charge is 2.01. The van der Waals surface area contributed by atoms with Gasteiger partial charge in [-0.25, -0.2) is 9.98 Å². The summed E-state index contributed by atoms with van der Waals surface area (Å²) in [6.07, 6.45) is 1.73. The van der Waals surface area contributed by atoms with Crippen LogP contribution in [-0.4, -0.2) is 24.6 Å². The number of hydrogen-bond acceptors (Lipinski definition) is 3. The van der Waals surface area contributed by atoms with Gasteiger partial charge in [0, 0.05) is 30.4 Å². The lowest BCUT2D eigenvalue weighted by molar-refractivity contribution is 0.397. The number of aliphatic imine (C=N–C) groups is 1. The maximum Gasteiger partial charge on any atom is 0.213 e. The van der Waals surface area contributed by atoms with Crippen LogP contribution in [0.2, 0.25) is 5.02 Å². The van der Waals surface area contributed by atoms with E-state index in [-0.39, 0.29) is 0 Å². The normalized spacial score (nSPS) is 11.2. The second-order valence-corrected chi connectivity index (χ2v) is 5.32. The van der Waals surface area contributed by atoms with Gasteiger partial charge >= 0.3 is 0 Å². The van der Waals surface area contributed by atoms with Gasteiger partial charge in [0.05, 0.1) is 13.7 Å². The maximum absolute atomic E-state index is 5.99. The minimum absolute atomic E-state index is 0.565. The third kappa shape index (κ3) is 5.79. The van der Waals surface area contributed by atoms with Crippen LogP contribution in [0.15, 0.2) is 47.6 Å². The summed E-state index contributed by atoms with van der Waals surface area (Å²) in [5.41, 5.74) is 2.14. The molecule has 0 radical (unpaired) electrons. The molecule has 2 aromatic rings. The van der Waals surface area contributed by atoms with Crippen molar-refractivity contribution in [3.8, 4) is 5.88 Å². The zero-order valence-corrected chi connectivity index (χ0v) is 14.1. The predicted octanol–water partition coefficient (Wildman–Crippen LogP) is 3.00. The van der Waals surface area contributed by atoms with E-state index in [0.717, 1.165) is 28.7 Å². The molecule has 2 rings (SSSR count). The van der Waals surface area contributed by atoms with E-state index in [2.05, 4.69) is 20.6 Å². The topological polar surface area (TPSA) is 58.5 Å². The zero-order valence-electron chi connectivity index (χ0n) is 13.3. The SMILES string of the molecule is CCNC(=NCc1cccc(Cl)c1)NCc1ccnc(OC)c1. The van der Waals surface area contributed by atoms with Crippen LogP contribution in [0.3, 0.4) is 0 Å².